The van der Waals surface area contributed by atoms with Gasteiger partial charge in [-0.15, -0.1) is 0 Å². The summed E-state index contributed by atoms with van der Waals surface area (Å²) in [6.07, 6.45) is -2.36. The summed E-state index contributed by atoms with van der Waals surface area (Å²) in [5.74, 6) is -1.24. The second-order valence-corrected chi connectivity index (χ2v) is 13.2. The van der Waals surface area contributed by atoms with Crippen molar-refractivity contribution >= 4 is 55.1 Å². The van der Waals surface area contributed by atoms with Crippen molar-refractivity contribution in [2.45, 2.75) is 44.9 Å². The van der Waals surface area contributed by atoms with Crippen LogP contribution in [0.5, 0.6) is 0 Å². The zero-order valence-electron chi connectivity index (χ0n) is 23.6. The Morgan fingerprint density at radius 2 is 1.65 bits per heavy atom. The first-order valence-electron chi connectivity index (χ1n) is 13.4. The van der Waals surface area contributed by atoms with E-state index in [-0.39, 0.29) is 18.0 Å². The maximum Gasteiger partial charge on any atom is 0.416 e. The van der Waals surface area contributed by atoms with Gasteiger partial charge in [-0.2, -0.15) is 13.2 Å². The number of hydrogen-bond donors (Lipinski definition) is 1. The molecule has 1 unspecified atom stereocenters. The Hall–Kier alpha value is -3.09. The summed E-state index contributed by atoms with van der Waals surface area (Å²) in [7, 11) is -4.30. The summed E-state index contributed by atoms with van der Waals surface area (Å²) in [6, 6.07) is 17.2. The molecule has 2 amide bonds. The molecule has 0 heterocycles. The van der Waals surface area contributed by atoms with Crippen molar-refractivity contribution < 1.29 is 31.2 Å². The predicted octanol–water partition coefficient (Wildman–Crippen LogP) is 6.44. The quantitative estimate of drug-likeness (QED) is 0.208. The highest BCUT2D eigenvalue weighted by molar-refractivity contribution is 9.10. The minimum atomic E-state index is -4.78. The molecule has 13 heteroatoms. The maximum absolute atomic E-state index is 14.1. The van der Waals surface area contributed by atoms with Crippen molar-refractivity contribution in [2.24, 2.45) is 0 Å². The lowest BCUT2D eigenvalue weighted by Gasteiger charge is -2.33. The third-order valence-corrected chi connectivity index (χ3v) is 8.56. The van der Waals surface area contributed by atoms with Crippen molar-refractivity contribution in [1.82, 2.24) is 10.2 Å². The molecule has 0 aromatic heterocycles. The molecule has 0 aliphatic carbocycles. The van der Waals surface area contributed by atoms with Gasteiger partial charge in [-0.25, -0.2) is 8.42 Å². The molecule has 1 N–H and O–H groups in total. The molecule has 43 heavy (non-hydrogen) atoms. The molecule has 3 rings (SSSR count). The molecule has 3 aromatic carbocycles. The molecule has 0 bridgehead atoms. The largest absolute Gasteiger partial charge is 0.416 e. The highest BCUT2D eigenvalue weighted by Gasteiger charge is 2.35. The van der Waals surface area contributed by atoms with Crippen LogP contribution in [-0.2, 0) is 38.8 Å². The molecule has 0 spiro atoms. The molecule has 0 radical (unpaired) electrons. The number of carbonyl (C=O) groups excluding carboxylic acids is 2. The van der Waals surface area contributed by atoms with Crippen molar-refractivity contribution in [3.8, 4) is 0 Å². The average Bonchev–Trinajstić information content (AvgIpc) is 2.94. The molecule has 1 atom stereocenters. The third-order valence-electron chi connectivity index (χ3n) is 6.59. The van der Waals surface area contributed by atoms with E-state index in [0.29, 0.717) is 28.9 Å². The lowest BCUT2D eigenvalue weighted by molar-refractivity contribution is -0.140. The lowest BCUT2D eigenvalue weighted by atomic mass is 10.0. The van der Waals surface area contributed by atoms with Gasteiger partial charge in [-0.1, -0.05) is 83.3 Å². The van der Waals surface area contributed by atoms with Crippen LogP contribution < -0.4 is 9.62 Å². The highest BCUT2D eigenvalue weighted by Crippen LogP contribution is 2.36. The molecule has 0 fully saturated rings. The van der Waals surface area contributed by atoms with E-state index in [2.05, 4.69) is 21.2 Å². The molecule has 7 nitrogen and oxygen atoms in total. The van der Waals surface area contributed by atoms with Gasteiger partial charge >= 0.3 is 6.18 Å². The summed E-state index contributed by atoms with van der Waals surface area (Å²) in [6.45, 7) is 1.38. The van der Waals surface area contributed by atoms with Crippen LogP contribution in [0.25, 0.3) is 0 Å². The van der Waals surface area contributed by atoms with Gasteiger partial charge in [-0.3, -0.25) is 13.9 Å². The summed E-state index contributed by atoms with van der Waals surface area (Å²) < 4.78 is 67.7. The number of alkyl halides is 3. The fourth-order valence-electron chi connectivity index (χ4n) is 4.32. The maximum atomic E-state index is 14.1. The van der Waals surface area contributed by atoms with Gasteiger partial charge in [0.25, 0.3) is 0 Å². The van der Waals surface area contributed by atoms with Crippen LogP contribution in [0.3, 0.4) is 0 Å². The smallest absolute Gasteiger partial charge is 0.354 e. The zero-order valence-corrected chi connectivity index (χ0v) is 26.7. The SMILES string of the molecule is CCCCNC(=O)C(Cc1ccccc1)N(Cc1ccc(Br)cc1)C(=O)CN(c1cc(C(F)(F)F)ccc1Cl)S(C)(=O)=O. The van der Waals surface area contributed by atoms with E-state index in [1.165, 1.54) is 4.90 Å². The van der Waals surface area contributed by atoms with Crippen LogP contribution in [-0.4, -0.2) is 50.5 Å². The summed E-state index contributed by atoms with van der Waals surface area (Å²) in [4.78, 5) is 28.9. The number of amides is 2. The Kier molecular flexibility index (Phi) is 12.1. The summed E-state index contributed by atoms with van der Waals surface area (Å²) in [5, 5.41) is 2.58. The number of carbonyl (C=O) groups is 2. The Balaban J connectivity index is 2.09. The number of hydrogen-bond acceptors (Lipinski definition) is 4. The molecule has 0 saturated heterocycles. The summed E-state index contributed by atoms with van der Waals surface area (Å²) >= 11 is 9.55. The number of unbranched alkanes of at least 4 members (excludes halogenated alkanes) is 1. The number of rotatable bonds is 13. The van der Waals surface area contributed by atoms with Gasteiger partial charge in [0.1, 0.15) is 12.6 Å². The number of sulfonamides is 1. The first kappa shape index (κ1) is 34.4. The number of anilines is 1. The predicted molar refractivity (Wildman–Crippen MR) is 165 cm³/mol. The Bertz CT molecular complexity index is 1510. The van der Waals surface area contributed by atoms with Gasteiger partial charge in [0.05, 0.1) is 22.5 Å². The van der Waals surface area contributed by atoms with E-state index in [1.807, 2.05) is 13.0 Å². The molecule has 3 aromatic rings. The van der Waals surface area contributed by atoms with Crippen molar-refractivity contribution in [3.05, 3.63) is 99.0 Å². The zero-order chi connectivity index (χ0) is 31.8. The van der Waals surface area contributed by atoms with Crippen LogP contribution in [0.2, 0.25) is 5.02 Å². The van der Waals surface area contributed by atoms with Crippen LogP contribution >= 0.6 is 27.5 Å². The van der Waals surface area contributed by atoms with Crippen molar-refractivity contribution in [1.29, 1.82) is 0 Å². The van der Waals surface area contributed by atoms with Gasteiger partial charge in [-0.05, 0) is 47.9 Å². The minimum Gasteiger partial charge on any atom is -0.354 e. The standard InChI is InChI=1S/C30H32BrClF3N3O4S/c1-3-4-16-36-29(40)27(17-21-8-6-5-7-9-21)37(19-22-10-13-24(31)14-11-22)28(39)20-38(43(2,41)42)26-18-23(30(33,34)35)12-15-25(26)32/h5-15,18,27H,3-4,16-17,19-20H2,1-2H3,(H,36,40). The number of benzene rings is 3. The number of nitrogens with zero attached hydrogens (tertiary/aromatic N) is 2. The van der Waals surface area contributed by atoms with Crippen LogP contribution in [0.4, 0.5) is 18.9 Å². The number of halogens is 5. The van der Waals surface area contributed by atoms with E-state index in [9.17, 15) is 31.2 Å². The van der Waals surface area contributed by atoms with Gasteiger partial charge < -0.3 is 10.2 Å². The van der Waals surface area contributed by atoms with Crippen LogP contribution in [0.15, 0.2) is 77.3 Å². The fourth-order valence-corrected chi connectivity index (χ4v) is 5.71. The first-order chi connectivity index (χ1) is 20.2. The highest BCUT2D eigenvalue weighted by atomic mass is 79.9. The van der Waals surface area contributed by atoms with Crippen LogP contribution in [0.1, 0.15) is 36.5 Å². The van der Waals surface area contributed by atoms with Gasteiger partial charge in [0, 0.05) is 24.0 Å². The molecular weight excluding hydrogens is 671 g/mol. The van der Waals surface area contributed by atoms with E-state index in [1.54, 1.807) is 48.5 Å². The normalized spacial score (nSPS) is 12.4. The first-order valence-corrected chi connectivity index (χ1v) is 16.4. The van der Waals surface area contributed by atoms with Crippen molar-refractivity contribution in [2.75, 3.05) is 23.7 Å². The summed E-state index contributed by atoms with van der Waals surface area (Å²) in [5.41, 5.74) is -0.216. The second kappa shape index (κ2) is 15.1. The fraction of sp³-hybridized carbons (Fsp3) is 0.333. The lowest BCUT2D eigenvalue weighted by Crippen LogP contribution is -2.53. The molecular formula is C30H32BrClF3N3O4S. The Morgan fingerprint density at radius 1 is 1.00 bits per heavy atom. The van der Waals surface area contributed by atoms with Crippen molar-refractivity contribution in [3.63, 3.8) is 0 Å². The Morgan fingerprint density at radius 3 is 2.23 bits per heavy atom. The van der Waals surface area contributed by atoms with E-state index in [4.69, 9.17) is 11.6 Å². The van der Waals surface area contributed by atoms with E-state index in [0.717, 1.165) is 34.8 Å². The minimum absolute atomic E-state index is 0.0707. The second-order valence-electron chi connectivity index (χ2n) is 9.93. The Labute approximate surface area is 263 Å². The van der Waals surface area contributed by atoms with Gasteiger partial charge in [0.2, 0.25) is 21.8 Å². The topological polar surface area (TPSA) is 86.8 Å². The molecule has 0 aliphatic rings. The number of nitrogens with one attached hydrogen (secondary N) is 1. The van der Waals surface area contributed by atoms with Crippen LogP contribution in [0, 0.1) is 0 Å². The molecule has 232 valence electrons. The van der Waals surface area contributed by atoms with E-state index < -0.39 is 51.9 Å². The molecule has 0 saturated carbocycles. The molecule has 0 aliphatic heterocycles. The third kappa shape index (κ3) is 9.97. The van der Waals surface area contributed by atoms with E-state index >= 15 is 0 Å². The average molecular weight is 703 g/mol. The monoisotopic (exact) mass is 701 g/mol. The van der Waals surface area contributed by atoms with Gasteiger partial charge in [0.15, 0.2) is 0 Å².